The fraction of sp³-hybridized carbons (Fsp3) is 0.0909. The minimum atomic E-state index is -0.505. The number of nitrogen functional groups attached to an aromatic ring is 1. The topological polar surface area (TPSA) is 119 Å². The quantitative estimate of drug-likeness (QED) is 0.421. The molecule has 0 bridgehead atoms. The Balaban J connectivity index is 2.15. The van der Waals surface area contributed by atoms with Crippen molar-refractivity contribution in [3.63, 3.8) is 0 Å². The van der Waals surface area contributed by atoms with Crippen molar-refractivity contribution in [2.45, 2.75) is 6.54 Å². The molecule has 8 nitrogen and oxygen atoms in total. The fourth-order valence-electron chi connectivity index (χ4n) is 1.47. The van der Waals surface area contributed by atoms with Crippen LogP contribution in [0.3, 0.4) is 0 Å². The highest BCUT2D eigenvalue weighted by Crippen LogP contribution is 2.20. The number of hydrogen-bond acceptors (Lipinski definition) is 7. The molecule has 0 unspecified atom stereocenters. The first-order valence-corrected chi connectivity index (χ1v) is 5.46. The van der Waals surface area contributed by atoms with E-state index in [0.717, 1.165) is 5.69 Å². The number of hydrogen-bond donors (Lipinski definition) is 3. The van der Waals surface area contributed by atoms with Gasteiger partial charge in [0, 0.05) is 6.20 Å². The van der Waals surface area contributed by atoms with Crippen molar-refractivity contribution in [2.75, 3.05) is 10.7 Å². The normalized spacial score (nSPS) is 9.95. The minimum absolute atomic E-state index is 0.0912. The number of rotatable bonds is 5. The summed E-state index contributed by atoms with van der Waals surface area (Å²) in [6.45, 7) is 0.416. The lowest BCUT2D eigenvalue weighted by Gasteiger charge is -2.07. The molecule has 0 saturated carbocycles. The third-order valence-electron chi connectivity index (χ3n) is 2.35. The van der Waals surface area contributed by atoms with Crippen molar-refractivity contribution in [2.24, 2.45) is 5.84 Å². The van der Waals surface area contributed by atoms with Crippen LogP contribution in [0, 0.1) is 10.1 Å². The van der Waals surface area contributed by atoms with Crippen molar-refractivity contribution in [1.82, 2.24) is 9.97 Å². The number of nitro groups is 1. The molecule has 0 aliphatic carbocycles. The Morgan fingerprint density at radius 3 is 2.74 bits per heavy atom. The van der Waals surface area contributed by atoms with Gasteiger partial charge in [-0.2, -0.15) is 0 Å². The van der Waals surface area contributed by atoms with Gasteiger partial charge >= 0.3 is 0 Å². The molecule has 0 amide bonds. The molecule has 0 aliphatic heterocycles. The summed E-state index contributed by atoms with van der Waals surface area (Å²) < 4.78 is 0. The van der Waals surface area contributed by atoms with Crippen LogP contribution in [0.15, 0.2) is 36.5 Å². The molecule has 0 saturated heterocycles. The van der Waals surface area contributed by atoms with Crippen LogP contribution in [0.25, 0.3) is 0 Å². The number of aromatic nitrogens is 2. The molecule has 19 heavy (non-hydrogen) atoms. The van der Waals surface area contributed by atoms with Gasteiger partial charge in [-0.25, -0.2) is 10.8 Å². The predicted molar refractivity (Wildman–Crippen MR) is 70.3 cm³/mol. The highest BCUT2D eigenvalue weighted by Gasteiger charge is 2.10. The molecule has 2 heterocycles. The van der Waals surface area contributed by atoms with Gasteiger partial charge in [-0.3, -0.25) is 15.1 Å². The summed E-state index contributed by atoms with van der Waals surface area (Å²) in [6.07, 6.45) is 1.67. The van der Waals surface area contributed by atoms with Crippen molar-refractivity contribution >= 4 is 17.3 Å². The standard InChI is InChI=1S/C11H12N6O2/c12-16-11-6-9(17(18)19)5-10(15-11)14-7-8-3-1-2-4-13-8/h1-6H,7,12H2,(H2,14,15,16). The monoisotopic (exact) mass is 260 g/mol. The van der Waals surface area contributed by atoms with E-state index in [4.69, 9.17) is 5.84 Å². The highest BCUT2D eigenvalue weighted by atomic mass is 16.6. The SMILES string of the molecule is NNc1cc([N+](=O)[O-])cc(NCc2ccccn2)n1. The van der Waals surface area contributed by atoms with Crippen molar-refractivity contribution in [1.29, 1.82) is 0 Å². The maximum atomic E-state index is 10.8. The van der Waals surface area contributed by atoms with Gasteiger partial charge in [0.2, 0.25) is 0 Å². The molecule has 0 spiro atoms. The lowest BCUT2D eigenvalue weighted by Crippen LogP contribution is -2.11. The Hall–Kier alpha value is -2.74. The number of nitrogens with two attached hydrogens (primary N) is 1. The summed E-state index contributed by atoms with van der Waals surface area (Å²) in [5.41, 5.74) is 3.00. The largest absolute Gasteiger partial charge is 0.364 e. The van der Waals surface area contributed by atoms with Crippen LogP contribution in [0.1, 0.15) is 5.69 Å². The van der Waals surface area contributed by atoms with Crippen LogP contribution >= 0.6 is 0 Å². The number of anilines is 2. The average molecular weight is 260 g/mol. The molecule has 0 fully saturated rings. The van der Waals surface area contributed by atoms with E-state index in [1.807, 2.05) is 18.2 Å². The summed E-state index contributed by atoms with van der Waals surface area (Å²) in [6, 6.07) is 8.10. The number of pyridine rings is 2. The first-order valence-electron chi connectivity index (χ1n) is 5.46. The second-order valence-electron chi connectivity index (χ2n) is 3.67. The first kappa shape index (κ1) is 12.7. The van der Waals surface area contributed by atoms with E-state index in [0.29, 0.717) is 12.4 Å². The molecule has 2 aromatic heterocycles. The van der Waals surface area contributed by atoms with E-state index in [9.17, 15) is 10.1 Å². The first-order chi connectivity index (χ1) is 9.19. The fourth-order valence-corrected chi connectivity index (χ4v) is 1.47. The smallest absolute Gasteiger partial charge is 0.276 e. The molecular formula is C11H12N6O2. The molecule has 0 aliphatic rings. The Morgan fingerprint density at radius 2 is 2.11 bits per heavy atom. The van der Waals surface area contributed by atoms with Gasteiger partial charge in [0.1, 0.15) is 11.6 Å². The lowest BCUT2D eigenvalue weighted by molar-refractivity contribution is -0.384. The van der Waals surface area contributed by atoms with Gasteiger partial charge in [0.15, 0.2) is 0 Å². The number of hydrazine groups is 1. The van der Waals surface area contributed by atoms with E-state index in [1.54, 1.807) is 6.20 Å². The number of nitrogens with zero attached hydrogens (tertiary/aromatic N) is 3. The molecular weight excluding hydrogens is 248 g/mol. The Morgan fingerprint density at radius 1 is 1.32 bits per heavy atom. The lowest BCUT2D eigenvalue weighted by atomic mass is 10.3. The van der Waals surface area contributed by atoms with Crippen molar-refractivity contribution in [3.8, 4) is 0 Å². The Bertz CT molecular complexity index is 575. The van der Waals surface area contributed by atoms with E-state index in [-0.39, 0.29) is 11.5 Å². The third kappa shape index (κ3) is 3.36. The molecule has 4 N–H and O–H groups in total. The van der Waals surface area contributed by atoms with Crippen molar-refractivity contribution < 1.29 is 4.92 Å². The molecule has 0 aromatic carbocycles. The van der Waals surface area contributed by atoms with Crippen LogP contribution in [-0.4, -0.2) is 14.9 Å². The highest BCUT2D eigenvalue weighted by molar-refractivity contribution is 5.54. The zero-order chi connectivity index (χ0) is 13.7. The molecule has 8 heteroatoms. The van der Waals surface area contributed by atoms with Crippen molar-refractivity contribution in [3.05, 3.63) is 52.3 Å². The van der Waals surface area contributed by atoms with E-state index in [2.05, 4.69) is 20.7 Å². The molecule has 2 rings (SSSR count). The number of nitrogens with one attached hydrogen (secondary N) is 2. The summed E-state index contributed by atoms with van der Waals surface area (Å²) >= 11 is 0. The van der Waals surface area contributed by atoms with Gasteiger partial charge in [-0.15, -0.1) is 0 Å². The van der Waals surface area contributed by atoms with Crippen LogP contribution in [0.5, 0.6) is 0 Å². The molecule has 0 radical (unpaired) electrons. The second-order valence-corrected chi connectivity index (χ2v) is 3.67. The van der Waals surface area contributed by atoms with E-state index < -0.39 is 4.92 Å². The van der Waals surface area contributed by atoms with E-state index in [1.165, 1.54) is 12.1 Å². The maximum Gasteiger partial charge on any atom is 0.276 e. The zero-order valence-corrected chi connectivity index (χ0v) is 9.91. The molecule has 2 aromatic rings. The van der Waals surface area contributed by atoms with Gasteiger partial charge in [0.05, 0.1) is 29.3 Å². The summed E-state index contributed by atoms with van der Waals surface area (Å²) in [5, 5.41) is 13.7. The van der Waals surface area contributed by atoms with Gasteiger partial charge in [0.25, 0.3) is 5.69 Å². The van der Waals surface area contributed by atoms with Gasteiger partial charge in [-0.1, -0.05) is 6.07 Å². The average Bonchev–Trinajstić information content (AvgIpc) is 2.45. The second kappa shape index (κ2) is 5.74. The maximum absolute atomic E-state index is 10.8. The summed E-state index contributed by atoms with van der Waals surface area (Å²) in [4.78, 5) is 18.5. The van der Waals surface area contributed by atoms with Gasteiger partial charge in [-0.05, 0) is 12.1 Å². The van der Waals surface area contributed by atoms with Gasteiger partial charge < -0.3 is 10.7 Å². The van der Waals surface area contributed by atoms with Crippen LogP contribution in [0.2, 0.25) is 0 Å². The van der Waals surface area contributed by atoms with Crippen LogP contribution < -0.4 is 16.6 Å². The van der Waals surface area contributed by atoms with Crippen LogP contribution in [0.4, 0.5) is 17.3 Å². The zero-order valence-electron chi connectivity index (χ0n) is 9.91. The third-order valence-corrected chi connectivity index (χ3v) is 2.35. The molecule has 98 valence electrons. The van der Waals surface area contributed by atoms with E-state index >= 15 is 0 Å². The molecule has 0 atom stereocenters. The summed E-state index contributed by atoms with van der Waals surface area (Å²) in [7, 11) is 0. The van der Waals surface area contributed by atoms with Crippen LogP contribution in [-0.2, 0) is 6.54 Å². The predicted octanol–water partition coefficient (Wildman–Crippen LogP) is 1.28. The summed E-state index contributed by atoms with van der Waals surface area (Å²) in [5.74, 6) is 5.79. The Kier molecular flexibility index (Phi) is 3.84. The minimum Gasteiger partial charge on any atom is -0.364 e. The Labute approximate surface area is 108 Å².